The molecule has 17 heavy (non-hydrogen) atoms. The highest BCUT2D eigenvalue weighted by molar-refractivity contribution is 7.80. The first-order chi connectivity index (χ1) is 8.41. The molecule has 2 nitrogen and oxygen atoms in total. The number of thiol groups is 1. The third-order valence-electron chi connectivity index (χ3n) is 2.94. The van der Waals surface area contributed by atoms with Crippen LogP contribution in [0.5, 0.6) is 0 Å². The molecule has 104 valence electrons. The topological polar surface area (TPSA) is 35.2 Å². The van der Waals surface area contributed by atoms with Crippen molar-refractivity contribution in [3.8, 4) is 0 Å². The molecule has 0 aromatic rings. The van der Waals surface area contributed by atoms with Crippen molar-refractivity contribution < 1.29 is 4.74 Å². The number of hydrogen-bond acceptors (Lipinski definition) is 3. The van der Waals surface area contributed by atoms with Crippen molar-refractivity contribution >= 4 is 12.6 Å². The van der Waals surface area contributed by atoms with Crippen molar-refractivity contribution in [3.63, 3.8) is 0 Å². The Bertz CT molecular complexity index is 119. The molecule has 0 unspecified atom stereocenters. The van der Waals surface area contributed by atoms with E-state index in [-0.39, 0.29) is 0 Å². The lowest BCUT2D eigenvalue weighted by Crippen LogP contribution is -1.98. The Balaban J connectivity index is 2.85. The average molecular weight is 261 g/mol. The Morgan fingerprint density at radius 3 is 1.65 bits per heavy atom. The molecule has 0 fully saturated rings. The van der Waals surface area contributed by atoms with Crippen LogP contribution in [0.15, 0.2) is 0 Å². The minimum absolute atomic E-state index is 0.854. The molecule has 0 saturated heterocycles. The van der Waals surface area contributed by atoms with Crippen LogP contribution in [0, 0.1) is 0 Å². The molecule has 3 heteroatoms. The lowest BCUT2D eigenvalue weighted by atomic mass is 10.1. The van der Waals surface area contributed by atoms with Crippen LogP contribution in [0.1, 0.15) is 64.2 Å². The first-order valence-corrected chi connectivity index (χ1v) is 7.93. The van der Waals surface area contributed by atoms with Gasteiger partial charge in [0.15, 0.2) is 0 Å². The molecule has 0 aromatic heterocycles. The summed E-state index contributed by atoms with van der Waals surface area (Å²) in [7, 11) is 0. The third kappa shape index (κ3) is 16.3. The quantitative estimate of drug-likeness (QED) is 0.368. The zero-order valence-electron chi connectivity index (χ0n) is 11.3. The normalized spacial score (nSPS) is 10.9. The van der Waals surface area contributed by atoms with Gasteiger partial charge in [0.2, 0.25) is 0 Å². The fourth-order valence-corrected chi connectivity index (χ4v) is 1.98. The Hall–Kier alpha value is 0.270. The molecular formula is C14H31NOS. The van der Waals surface area contributed by atoms with E-state index < -0.39 is 0 Å². The Kier molecular flexibility index (Phi) is 16.5. The second kappa shape index (κ2) is 16.3. The fraction of sp³-hybridized carbons (Fsp3) is 1.00. The van der Waals surface area contributed by atoms with Gasteiger partial charge in [-0.1, -0.05) is 44.9 Å². The second-order valence-corrected chi connectivity index (χ2v) is 5.11. The van der Waals surface area contributed by atoms with Gasteiger partial charge in [-0.3, -0.25) is 0 Å². The number of rotatable bonds is 14. The van der Waals surface area contributed by atoms with E-state index in [0.717, 1.165) is 31.9 Å². The maximum absolute atomic E-state index is 5.49. The van der Waals surface area contributed by atoms with Gasteiger partial charge in [0.25, 0.3) is 0 Å². The van der Waals surface area contributed by atoms with Crippen LogP contribution < -0.4 is 5.73 Å². The Morgan fingerprint density at radius 1 is 0.647 bits per heavy atom. The molecule has 0 bridgehead atoms. The van der Waals surface area contributed by atoms with E-state index in [1.165, 1.54) is 57.8 Å². The lowest BCUT2D eigenvalue weighted by molar-refractivity contribution is 0.131. The van der Waals surface area contributed by atoms with Crippen LogP contribution >= 0.6 is 12.6 Å². The molecule has 0 aliphatic carbocycles. The summed E-state index contributed by atoms with van der Waals surface area (Å²) in [5.41, 5.74) is 5.45. The summed E-state index contributed by atoms with van der Waals surface area (Å²) in [5.74, 6) is 0.935. The number of hydrogen-bond donors (Lipinski definition) is 2. The van der Waals surface area contributed by atoms with Gasteiger partial charge in [-0.2, -0.15) is 12.6 Å². The summed E-state index contributed by atoms with van der Waals surface area (Å²) in [6, 6.07) is 0. The molecule has 2 N–H and O–H groups in total. The summed E-state index contributed by atoms with van der Waals surface area (Å²) >= 11 is 4.15. The van der Waals surface area contributed by atoms with Crippen molar-refractivity contribution in [1.29, 1.82) is 0 Å². The standard InChI is InChI=1S/C14H31NOS/c15-11-8-6-4-2-1-3-5-7-9-12-16-13-10-14-17/h17H,1-15H2. The van der Waals surface area contributed by atoms with Crippen LogP contribution in [-0.2, 0) is 4.74 Å². The number of nitrogens with two attached hydrogens (primary N) is 1. The van der Waals surface area contributed by atoms with Crippen molar-refractivity contribution in [3.05, 3.63) is 0 Å². The molecule has 0 radical (unpaired) electrons. The SMILES string of the molecule is NCCCCCCCCCCCOCCCS. The number of unbranched alkanes of at least 4 members (excludes halogenated alkanes) is 8. The van der Waals surface area contributed by atoms with Crippen molar-refractivity contribution in [2.75, 3.05) is 25.5 Å². The van der Waals surface area contributed by atoms with Crippen LogP contribution in [-0.4, -0.2) is 25.5 Å². The maximum Gasteiger partial charge on any atom is 0.0473 e. The highest BCUT2D eigenvalue weighted by Crippen LogP contribution is 2.09. The molecule has 0 atom stereocenters. The molecule has 0 aliphatic heterocycles. The van der Waals surface area contributed by atoms with E-state index in [9.17, 15) is 0 Å². The third-order valence-corrected chi connectivity index (χ3v) is 3.26. The van der Waals surface area contributed by atoms with Crippen LogP contribution in [0.2, 0.25) is 0 Å². The highest BCUT2D eigenvalue weighted by atomic mass is 32.1. The highest BCUT2D eigenvalue weighted by Gasteiger charge is 1.93. The van der Waals surface area contributed by atoms with Crippen molar-refractivity contribution in [1.82, 2.24) is 0 Å². The van der Waals surface area contributed by atoms with Gasteiger partial charge in [0, 0.05) is 13.2 Å². The summed E-state index contributed by atoms with van der Waals surface area (Å²) in [6.45, 7) is 2.67. The second-order valence-electron chi connectivity index (χ2n) is 4.66. The summed E-state index contributed by atoms with van der Waals surface area (Å²) in [4.78, 5) is 0. The van der Waals surface area contributed by atoms with E-state index in [1.54, 1.807) is 0 Å². The monoisotopic (exact) mass is 261 g/mol. The summed E-state index contributed by atoms with van der Waals surface area (Å²) < 4.78 is 5.49. The van der Waals surface area contributed by atoms with E-state index in [1.807, 2.05) is 0 Å². The predicted octanol–water partition coefficient (Wildman–Crippen LogP) is 3.79. The molecule has 0 spiro atoms. The minimum Gasteiger partial charge on any atom is -0.381 e. The van der Waals surface area contributed by atoms with Crippen molar-refractivity contribution in [2.24, 2.45) is 5.73 Å². The molecule has 0 aliphatic rings. The minimum atomic E-state index is 0.854. The van der Waals surface area contributed by atoms with Crippen LogP contribution in [0.25, 0.3) is 0 Å². The van der Waals surface area contributed by atoms with Gasteiger partial charge in [0.1, 0.15) is 0 Å². The first kappa shape index (κ1) is 17.3. The van der Waals surface area contributed by atoms with Crippen LogP contribution in [0.4, 0.5) is 0 Å². The largest absolute Gasteiger partial charge is 0.381 e. The average Bonchev–Trinajstić information content (AvgIpc) is 2.35. The van der Waals surface area contributed by atoms with Gasteiger partial charge < -0.3 is 10.5 Å². The van der Waals surface area contributed by atoms with E-state index in [2.05, 4.69) is 12.6 Å². The van der Waals surface area contributed by atoms with Crippen molar-refractivity contribution in [2.45, 2.75) is 64.2 Å². The maximum atomic E-state index is 5.49. The van der Waals surface area contributed by atoms with E-state index in [0.29, 0.717) is 0 Å². The zero-order valence-corrected chi connectivity index (χ0v) is 12.2. The van der Waals surface area contributed by atoms with Gasteiger partial charge in [-0.05, 0) is 31.6 Å². The van der Waals surface area contributed by atoms with E-state index in [4.69, 9.17) is 10.5 Å². The fourth-order valence-electron chi connectivity index (χ4n) is 1.85. The first-order valence-electron chi connectivity index (χ1n) is 7.30. The Labute approximate surface area is 113 Å². The van der Waals surface area contributed by atoms with Gasteiger partial charge >= 0.3 is 0 Å². The molecule has 0 heterocycles. The lowest BCUT2D eigenvalue weighted by Gasteiger charge is -2.03. The van der Waals surface area contributed by atoms with Gasteiger partial charge in [0.05, 0.1) is 0 Å². The zero-order chi connectivity index (χ0) is 12.6. The summed E-state index contributed by atoms with van der Waals surface area (Å²) in [6.07, 6.45) is 13.0. The van der Waals surface area contributed by atoms with Gasteiger partial charge in [-0.25, -0.2) is 0 Å². The predicted molar refractivity (Wildman–Crippen MR) is 79.9 cm³/mol. The molecule has 0 saturated carbocycles. The molecule has 0 amide bonds. The summed E-state index contributed by atoms with van der Waals surface area (Å²) in [5, 5.41) is 0. The molecule has 0 rings (SSSR count). The Morgan fingerprint density at radius 2 is 1.12 bits per heavy atom. The smallest absolute Gasteiger partial charge is 0.0473 e. The molecule has 0 aromatic carbocycles. The van der Waals surface area contributed by atoms with E-state index >= 15 is 0 Å². The molecular weight excluding hydrogens is 230 g/mol. The van der Waals surface area contributed by atoms with Crippen LogP contribution in [0.3, 0.4) is 0 Å². The number of ether oxygens (including phenoxy) is 1. The van der Waals surface area contributed by atoms with Gasteiger partial charge in [-0.15, -0.1) is 0 Å².